The summed E-state index contributed by atoms with van der Waals surface area (Å²) in [7, 11) is 0. The molecule has 112 valence electrons. The lowest BCUT2D eigenvalue weighted by Gasteiger charge is -2.10. The maximum Gasteiger partial charge on any atom is 0.328 e. The zero-order valence-electron chi connectivity index (χ0n) is 11.7. The fourth-order valence-electron chi connectivity index (χ4n) is 1.50. The minimum atomic E-state index is -0.757. The molecule has 7 heteroatoms. The van der Waals surface area contributed by atoms with Gasteiger partial charge in [-0.2, -0.15) is 0 Å². The molecule has 0 radical (unpaired) electrons. The molecule has 21 heavy (non-hydrogen) atoms. The highest BCUT2D eigenvalue weighted by molar-refractivity contribution is 5.94. The maximum absolute atomic E-state index is 11.6. The molecule has 0 fully saturated rings. The van der Waals surface area contributed by atoms with Gasteiger partial charge in [0.05, 0.1) is 11.5 Å². The summed E-state index contributed by atoms with van der Waals surface area (Å²) in [5, 5.41) is 13.1. The number of nitro benzene ring substituents is 1. The summed E-state index contributed by atoms with van der Waals surface area (Å²) in [6.45, 7) is 3.42. The van der Waals surface area contributed by atoms with Crippen molar-refractivity contribution in [1.29, 1.82) is 0 Å². The largest absolute Gasteiger partial charge is 0.464 e. The molecule has 0 bridgehead atoms. The van der Waals surface area contributed by atoms with Gasteiger partial charge in [0, 0.05) is 18.2 Å². The van der Waals surface area contributed by atoms with Gasteiger partial charge in [-0.05, 0) is 25.5 Å². The average molecular weight is 292 g/mol. The highest BCUT2D eigenvalue weighted by Crippen LogP contribution is 2.13. The van der Waals surface area contributed by atoms with Gasteiger partial charge in [0.1, 0.15) is 6.04 Å². The van der Waals surface area contributed by atoms with Crippen LogP contribution in [-0.4, -0.2) is 29.4 Å². The van der Waals surface area contributed by atoms with Gasteiger partial charge in [-0.15, -0.1) is 0 Å². The first-order chi connectivity index (χ1) is 9.93. The van der Waals surface area contributed by atoms with Crippen molar-refractivity contribution < 1.29 is 19.2 Å². The number of benzene rings is 1. The van der Waals surface area contributed by atoms with Gasteiger partial charge in [0.2, 0.25) is 5.91 Å². The molecule has 0 aliphatic carbocycles. The van der Waals surface area contributed by atoms with Crippen molar-refractivity contribution in [3.63, 3.8) is 0 Å². The predicted octanol–water partition coefficient (Wildman–Crippen LogP) is 1.68. The van der Waals surface area contributed by atoms with Crippen molar-refractivity contribution in [1.82, 2.24) is 5.32 Å². The smallest absolute Gasteiger partial charge is 0.328 e. The lowest BCUT2D eigenvalue weighted by atomic mass is 10.2. The van der Waals surface area contributed by atoms with E-state index in [1.165, 1.54) is 37.3 Å². The van der Waals surface area contributed by atoms with E-state index in [0.717, 1.165) is 0 Å². The topological polar surface area (TPSA) is 98.5 Å². The molecule has 0 heterocycles. The Hall–Kier alpha value is -2.70. The Kier molecular flexibility index (Phi) is 6.06. The summed E-state index contributed by atoms with van der Waals surface area (Å²) in [6.07, 6.45) is 2.63. The Labute approximate surface area is 121 Å². The molecule has 1 unspecified atom stereocenters. The van der Waals surface area contributed by atoms with Crippen LogP contribution in [0.2, 0.25) is 0 Å². The van der Waals surface area contributed by atoms with Crippen LogP contribution in [0.5, 0.6) is 0 Å². The number of nitro groups is 1. The maximum atomic E-state index is 11.6. The van der Waals surface area contributed by atoms with Crippen molar-refractivity contribution in [2.45, 2.75) is 19.9 Å². The third-order valence-electron chi connectivity index (χ3n) is 2.51. The summed E-state index contributed by atoms with van der Waals surface area (Å²) in [5.41, 5.74) is 0.459. The van der Waals surface area contributed by atoms with Crippen molar-refractivity contribution in [3.05, 3.63) is 46.0 Å². The number of non-ortho nitro benzene ring substituents is 1. The molecule has 1 rings (SSSR count). The van der Waals surface area contributed by atoms with E-state index in [-0.39, 0.29) is 12.3 Å². The highest BCUT2D eigenvalue weighted by Gasteiger charge is 2.14. The van der Waals surface area contributed by atoms with Crippen molar-refractivity contribution in [2.24, 2.45) is 0 Å². The molecule has 0 aliphatic heterocycles. The number of hydrogen-bond donors (Lipinski definition) is 1. The Morgan fingerprint density at radius 2 is 2.19 bits per heavy atom. The summed E-state index contributed by atoms with van der Waals surface area (Å²) >= 11 is 0. The first-order valence-corrected chi connectivity index (χ1v) is 6.33. The van der Waals surface area contributed by atoms with E-state index in [9.17, 15) is 19.7 Å². The van der Waals surface area contributed by atoms with Crippen LogP contribution >= 0.6 is 0 Å². The highest BCUT2D eigenvalue weighted by atomic mass is 16.6. The number of nitrogens with zero attached hydrogens (tertiary/aromatic N) is 1. The molecule has 0 saturated carbocycles. The number of rotatable bonds is 6. The zero-order valence-corrected chi connectivity index (χ0v) is 11.7. The van der Waals surface area contributed by atoms with E-state index >= 15 is 0 Å². The average Bonchev–Trinajstić information content (AvgIpc) is 2.45. The molecule has 0 aromatic heterocycles. The van der Waals surface area contributed by atoms with Gasteiger partial charge in [0.25, 0.3) is 5.69 Å². The van der Waals surface area contributed by atoms with Gasteiger partial charge in [0.15, 0.2) is 0 Å². The van der Waals surface area contributed by atoms with Gasteiger partial charge >= 0.3 is 5.97 Å². The van der Waals surface area contributed by atoms with E-state index in [1.54, 1.807) is 13.0 Å². The summed E-state index contributed by atoms with van der Waals surface area (Å²) in [4.78, 5) is 33.1. The van der Waals surface area contributed by atoms with Crippen LogP contribution in [0.1, 0.15) is 19.4 Å². The van der Waals surface area contributed by atoms with Gasteiger partial charge in [-0.25, -0.2) is 4.79 Å². The second-order valence-corrected chi connectivity index (χ2v) is 4.17. The first-order valence-electron chi connectivity index (χ1n) is 6.33. The molecule has 0 aliphatic rings. The molecule has 7 nitrogen and oxygen atoms in total. The number of hydrogen-bond acceptors (Lipinski definition) is 5. The number of carbonyl (C=O) groups excluding carboxylic acids is 2. The number of carbonyl (C=O) groups is 2. The lowest BCUT2D eigenvalue weighted by Crippen LogP contribution is -2.38. The Bertz CT molecular complexity index is 568. The third kappa shape index (κ3) is 5.43. The summed E-state index contributed by atoms with van der Waals surface area (Å²) < 4.78 is 4.76. The second-order valence-electron chi connectivity index (χ2n) is 4.17. The predicted molar refractivity (Wildman–Crippen MR) is 76.4 cm³/mol. The lowest BCUT2D eigenvalue weighted by molar-refractivity contribution is -0.384. The number of nitrogens with one attached hydrogen (secondary N) is 1. The van der Waals surface area contributed by atoms with Crippen LogP contribution in [-0.2, 0) is 14.3 Å². The SMILES string of the molecule is CCOC(=O)C(C)NC(=O)C=Cc1cccc([N+](=O)[O-])c1. The van der Waals surface area contributed by atoms with Crippen LogP contribution in [0.25, 0.3) is 6.08 Å². The first kappa shape index (κ1) is 16.4. The standard InChI is InChI=1S/C14H16N2O5/c1-3-21-14(18)10(2)15-13(17)8-7-11-5-4-6-12(9-11)16(19)20/h4-10H,3H2,1-2H3,(H,15,17). The Morgan fingerprint density at radius 1 is 1.48 bits per heavy atom. The molecule has 0 spiro atoms. The third-order valence-corrected chi connectivity index (χ3v) is 2.51. The van der Waals surface area contributed by atoms with Gasteiger partial charge in [-0.3, -0.25) is 14.9 Å². The van der Waals surface area contributed by atoms with Crippen molar-refractivity contribution in [2.75, 3.05) is 6.61 Å². The van der Waals surface area contributed by atoms with E-state index in [4.69, 9.17) is 4.74 Å². The normalized spacial score (nSPS) is 11.9. The molecular weight excluding hydrogens is 276 g/mol. The fraction of sp³-hybridized carbons (Fsp3) is 0.286. The fourth-order valence-corrected chi connectivity index (χ4v) is 1.50. The van der Waals surface area contributed by atoms with E-state index in [0.29, 0.717) is 5.56 Å². The summed E-state index contributed by atoms with van der Waals surface area (Å²) in [5.74, 6) is -1.00. The van der Waals surface area contributed by atoms with Crippen LogP contribution in [0.15, 0.2) is 30.3 Å². The van der Waals surface area contributed by atoms with Gasteiger partial charge in [-0.1, -0.05) is 12.1 Å². The quantitative estimate of drug-likeness (QED) is 0.372. The Morgan fingerprint density at radius 3 is 2.81 bits per heavy atom. The Balaban J connectivity index is 2.64. The minimum absolute atomic E-state index is 0.0579. The van der Waals surface area contributed by atoms with E-state index in [2.05, 4.69) is 5.32 Å². The van der Waals surface area contributed by atoms with Crippen LogP contribution in [0, 0.1) is 10.1 Å². The zero-order chi connectivity index (χ0) is 15.8. The van der Waals surface area contributed by atoms with Gasteiger partial charge < -0.3 is 10.1 Å². The molecule has 1 atom stereocenters. The molecule has 1 aromatic rings. The number of ether oxygens (including phenoxy) is 1. The summed E-state index contributed by atoms with van der Waals surface area (Å²) in [6, 6.07) is 5.11. The second kappa shape index (κ2) is 7.78. The molecule has 1 aromatic carbocycles. The molecule has 0 saturated heterocycles. The van der Waals surface area contributed by atoms with Crippen LogP contribution in [0.4, 0.5) is 5.69 Å². The van der Waals surface area contributed by atoms with Crippen molar-refractivity contribution in [3.8, 4) is 0 Å². The van der Waals surface area contributed by atoms with Crippen LogP contribution in [0.3, 0.4) is 0 Å². The van der Waals surface area contributed by atoms with Crippen LogP contribution < -0.4 is 5.32 Å². The number of amides is 1. The molecule has 1 amide bonds. The van der Waals surface area contributed by atoms with Crippen molar-refractivity contribution >= 4 is 23.6 Å². The molecular formula is C14H16N2O5. The molecule has 1 N–H and O–H groups in total. The number of esters is 1. The minimum Gasteiger partial charge on any atom is -0.464 e. The monoisotopic (exact) mass is 292 g/mol. The van der Waals surface area contributed by atoms with E-state index < -0.39 is 22.8 Å². The van der Waals surface area contributed by atoms with E-state index in [1.807, 2.05) is 0 Å².